The van der Waals surface area contributed by atoms with Crippen LogP contribution in [-0.4, -0.2) is 25.4 Å². The summed E-state index contributed by atoms with van der Waals surface area (Å²) in [6, 6.07) is 7.69. The lowest BCUT2D eigenvalue weighted by Crippen LogP contribution is -2.24. The zero-order valence-electron chi connectivity index (χ0n) is 13.9. The van der Waals surface area contributed by atoms with E-state index in [4.69, 9.17) is 0 Å². The number of anilines is 1. The molecule has 0 spiro atoms. The lowest BCUT2D eigenvalue weighted by molar-refractivity contribution is -0.121. The van der Waals surface area contributed by atoms with Gasteiger partial charge in [0.1, 0.15) is 0 Å². The van der Waals surface area contributed by atoms with E-state index in [1.54, 1.807) is 0 Å². The van der Waals surface area contributed by atoms with E-state index in [1.807, 2.05) is 31.3 Å². The third-order valence-electron chi connectivity index (χ3n) is 4.24. The number of hydrogen-bond acceptors (Lipinski definition) is 3. The standard InChI is InChI=1S/C18H27N3O2/c1-19-11-5-10-17(22)20-13-14-6-4-9-16(12-14)21-18(23)15-7-2-3-8-15/h4,6,9,12,15,19H,2-3,5,7-8,10-11,13H2,1H3,(H,20,22)(H,21,23). The van der Waals surface area contributed by atoms with Gasteiger partial charge in [-0.1, -0.05) is 25.0 Å². The van der Waals surface area contributed by atoms with Gasteiger partial charge in [0.25, 0.3) is 0 Å². The summed E-state index contributed by atoms with van der Waals surface area (Å²) in [5.41, 5.74) is 1.81. The molecule has 0 heterocycles. The fraction of sp³-hybridized carbons (Fsp3) is 0.556. The lowest BCUT2D eigenvalue weighted by Gasteiger charge is -2.12. The number of amides is 2. The van der Waals surface area contributed by atoms with Crippen LogP contribution in [-0.2, 0) is 16.1 Å². The van der Waals surface area contributed by atoms with Gasteiger partial charge in [-0.25, -0.2) is 0 Å². The Morgan fingerprint density at radius 1 is 1.22 bits per heavy atom. The van der Waals surface area contributed by atoms with Crippen LogP contribution >= 0.6 is 0 Å². The Balaban J connectivity index is 1.79. The van der Waals surface area contributed by atoms with Gasteiger partial charge in [0, 0.05) is 24.6 Å². The Hall–Kier alpha value is -1.88. The van der Waals surface area contributed by atoms with Crippen LogP contribution in [0.25, 0.3) is 0 Å². The molecular weight excluding hydrogens is 290 g/mol. The molecule has 3 N–H and O–H groups in total. The first-order valence-corrected chi connectivity index (χ1v) is 8.50. The molecule has 1 aromatic carbocycles. The molecule has 0 aromatic heterocycles. The summed E-state index contributed by atoms with van der Waals surface area (Å²) in [5, 5.41) is 8.93. The highest BCUT2D eigenvalue weighted by Gasteiger charge is 2.22. The van der Waals surface area contributed by atoms with Crippen LogP contribution in [0.4, 0.5) is 5.69 Å². The van der Waals surface area contributed by atoms with Gasteiger partial charge in [0.15, 0.2) is 0 Å². The highest BCUT2D eigenvalue weighted by molar-refractivity contribution is 5.92. The third-order valence-corrected chi connectivity index (χ3v) is 4.24. The quantitative estimate of drug-likeness (QED) is 0.645. The maximum Gasteiger partial charge on any atom is 0.227 e. The summed E-state index contributed by atoms with van der Waals surface area (Å²) < 4.78 is 0. The zero-order valence-corrected chi connectivity index (χ0v) is 13.9. The van der Waals surface area contributed by atoms with Crippen molar-refractivity contribution in [1.29, 1.82) is 0 Å². The zero-order chi connectivity index (χ0) is 16.5. The topological polar surface area (TPSA) is 70.2 Å². The monoisotopic (exact) mass is 317 g/mol. The third kappa shape index (κ3) is 6.02. The van der Waals surface area contributed by atoms with Crippen molar-refractivity contribution < 1.29 is 9.59 Å². The maximum absolute atomic E-state index is 12.2. The van der Waals surface area contributed by atoms with Crippen molar-refractivity contribution in [3.05, 3.63) is 29.8 Å². The highest BCUT2D eigenvalue weighted by atomic mass is 16.2. The van der Waals surface area contributed by atoms with Crippen LogP contribution in [0.3, 0.4) is 0 Å². The molecule has 1 saturated carbocycles. The number of rotatable bonds is 8. The summed E-state index contributed by atoms with van der Waals surface area (Å²) in [6.45, 7) is 1.33. The number of hydrogen-bond donors (Lipinski definition) is 3. The molecule has 5 nitrogen and oxygen atoms in total. The second kappa shape index (κ2) is 9.30. The SMILES string of the molecule is CNCCCC(=O)NCc1cccc(NC(=O)C2CCCC2)c1. The van der Waals surface area contributed by atoms with Gasteiger partial charge in [0.2, 0.25) is 11.8 Å². The molecule has 0 bridgehead atoms. The van der Waals surface area contributed by atoms with Crippen LogP contribution in [0.2, 0.25) is 0 Å². The predicted octanol–water partition coefficient (Wildman–Crippen LogP) is 2.43. The van der Waals surface area contributed by atoms with Gasteiger partial charge in [-0.2, -0.15) is 0 Å². The van der Waals surface area contributed by atoms with Crippen molar-refractivity contribution >= 4 is 17.5 Å². The van der Waals surface area contributed by atoms with E-state index in [2.05, 4.69) is 16.0 Å². The summed E-state index contributed by atoms with van der Waals surface area (Å²) in [6.07, 6.45) is 5.65. The summed E-state index contributed by atoms with van der Waals surface area (Å²) >= 11 is 0. The number of benzene rings is 1. The van der Waals surface area contributed by atoms with Gasteiger partial charge >= 0.3 is 0 Å². The van der Waals surface area contributed by atoms with Crippen molar-refractivity contribution in [3.8, 4) is 0 Å². The van der Waals surface area contributed by atoms with E-state index >= 15 is 0 Å². The summed E-state index contributed by atoms with van der Waals surface area (Å²) in [5.74, 6) is 0.335. The first kappa shape index (κ1) is 17.5. The Kier molecular flexibility index (Phi) is 7.07. The molecule has 1 aliphatic rings. The van der Waals surface area contributed by atoms with Crippen LogP contribution in [0.15, 0.2) is 24.3 Å². The van der Waals surface area contributed by atoms with Gasteiger partial charge in [0.05, 0.1) is 0 Å². The molecule has 0 atom stereocenters. The number of carbonyl (C=O) groups excluding carboxylic acids is 2. The minimum atomic E-state index is 0.0562. The van der Waals surface area contributed by atoms with Crippen molar-refractivity contribution in [2.45, 2.75) is 45.1 Å². The molecule has 0 aliphatic heterocycles. The average molecular weight is 317 g/mol. The minimum absolute atomic E-state index is 0.0562. The van der Waals surface area contributed by atoms with E-state index in [1.165, 1.54) is 0 Å². The highest BCUT2D eigenvalue weighted by Crippen LogP contribution is 2.26. The van der Waals surface area contributed by atoms with Gasteiger partial charge in [-0.05, 0) is 50.6 Å². The second-order valence-electron chi connectivity index (χ2n) is 6.15. The minimum Gasteiger partial charge on any atom is -0.352 e. The van der Waals surface area contributed by atoms with E-state index in [0.29, 0.717) is 13.0 Å². The second-order valence-corrected chi connectivity index (χ2v) is 6.15. The van der Waals surface area contributed by atoms with E-state index in [-0.39, 0.29) is 17.7 Å². The molecule has 1 aromatic rings. The maximum atomic E-state index is 12.2. The molecule has 1 fully saturated rings. The molecule has 0 saturated heterocycles. The summed E-state index contributed by atoms with van der Waals surface area (Å²) in [7, 11) is 1.88. The van der Waals surface area contributed by atoms with Gasteiger partial charge < -0.3 is 16.0 Å². The number of carbonyl (C=O) groups is 2. The molecule has 126 valence electrons. The lowest BCUT2D eigenvalue weighted by atomic mass is 10.1. The molecule has 2 rings (SSSR count). The van der Waals surface area contributed by atoms with E-state index < -0.39 is 0 Å². The Morgan fingerprint density at radius 2 is 2.00 bits per heavy atom. The molecule has 5 heteroatoms. The van der Waals surface area contributed by atoms with Crippen LogP contribution in [0, 0.1) is 5.92 Å². The summed E-state index contributed by atoms with van der Waals surface area (Å²) in [4.78, 5) is 23.9. The van der Waals surface area contributed by atoms with Crippen molar-refractivity contribution in [2.75, 3.05) is 18.9 Å². The Morgan fingerprint density at radius 3 is 2.74 bits per heavy atom. The fourth-order valence-corrected chi connectivity index (χ4v) is 2.91. The van der Waals surface area contributed by atoms with E-state index in [0.717, 1.165) is 49.9 Å². The normalized spacial score (nSPS) is 14.7. The van der Waals surface area contributed by atoms with Crippen LogP contribution < -0.4 is 16.0 Å². The Labute approximate surface area is 138 Å². The molecule has 0 radical (unpaired) electrons. The predicted molar refractivity (Wildman–Crippen MR) is 92.0 cm³/mol. The first-order chi connectivity index (χ1) is 11.2. The molecular formula is C18H27N3O2. The van der Waals surface area contributed by atoms with Crippen molar-refractivity contribution in [3.63, 3.8) is 0 Å². The smallest absolute Gasteiger partial charge is 0.227 e. The average Bonchev–Trinajstić information content (AvgIpc) is 3.08. The molecule has 0 unspecified atom stereocenters. The van der Waals surface area contributed by atoms with Crippen molar-refractivity contribution in [1.82, 2.24) is 10.6 Å². The van der Waals surface area contributed by atoms with Gasteiger partial charge in [-0.15, -0.1) is 0 Å². The molecule has 2 amide bonds. The fourth-order valence-electron chi connectivity index (χ4n) is 2.91. The molecule has 1 aliphatic carbocycles. The first-order valence-electron chi connectivity index (χ1n) is 8.50. The van der Waals surface area contributed by atoms with E-state index in [9.17, 15) is 9.59 Å². The largest absolute Gasteiger partial charge is 0.352 e. The number of nitrogens with one attached hydrogen (secondary N) is 3. The van der Waals surface area contributed by atoms with Crippen LogP contribution in [0.5, 0.6) is 0 Å². The van der Waals surface area contributed by atoms with Gasteiger partial charge in [-0.3, -0.25) is 9.59 Å². The van der Waals surface area contributed by atoms with Crippen LogP contribution in [0.1, 0.15) is 44.1 Å². The molecule has 23 heavy (non-hydrogen) atoms. The Bertz CT molecular complexity index is 525. The van der Waals surface area contributed by atoms with Crippen molar-refractivity contribution in [2.24, 2.45) is 5.92 Å².